The predicted molar refractivity (Wildman–Crippen MR) is 120 cm³/mol. The second-order valence-electron chi connectivity index (χ2n) is 8.07. The van der Waals surface area contributed by atoms with Crippen LogP contribution in [0.3, 0.4) is 0 Å². The zero-order valence-corrected chi connectivity index (χ0v) is 19.3. The summed E-state index contributed by atoms with van der Waals surface area (Å²) < 4.78 is 0. The summed E-state index contributed by atoms with van der Waals surface area (Å²) in [7, 11) is 3.93. The number of amides is 2. The zero-order chi connectivity index (χ0) is 21.5. The van der Waals surface area contributed by atoms with E-state index in [1.54, 1.807) is 6.07 Å². The summed E-state index contributed by atoms with van der Waals surface area (Å²) in [5, 5.41) is 3.73. The van der Waals surface area contributed by atoms with Crippen molar-refractivity contribution in [3.63, 3.8) is 0 Å². The molecule has 0 atom stereocenters. The number of hydrogen-bond donors (Lipinski definition) is 1. The van der Waals surface area contributed by atoms with Gasteiger partial charge in [0, 0.05) is 51.3 Å². The summed E-state index contributed by atoms with van der Waals surface area (Å²) in [5.41, 5.74) is 0. The van der Waals surface area contributed by atoms with Crippen LogP contribution in [0.15, 0.2) is 11.2 Å². The van der Waals surface area contributed by atoms with E-state index in [4.69, 9.17) is 11.6 Å². The van der Waals surface area contributed by atoms with Crippen LogP contribution in [-0.2, 0) is 9.59 Å². The van der Waals surface area contributed by atoms with Crippen LogP contribution in [0.25, 0.3) is 0 Å². The first kappa shape index (κ1) is 23.1. The molecule has 2 fully saturated rings. The van der Waals surface area contributed by atoms with Crippen molar-refractivity contribution in [1.82, 2.24) is 25.1 Å². The van der Waals surface area contributed by atoms with Crippen LogP contribution in [-0.4, -0.2) is 90.7 Å². The maximum Gasteiger partial charge on any atom is 0.230 e. The summed E-state index contributed by atoms with van der Waals surface area (Å²) in [6.45, 7) is 4.25. The third kappa shape index (κ3) is 6.72. The van der Waals surface area contributed by atoms with Crippen molar-refractivity contribution in [3.05, 3.63) is 11.2 Å². The first-order valence-electron chi connectivity index (χ1n) is 10.5. The van der Waals surface area contributed by atoms with Gasteiger partial charge in [0.15, 0.2) is 5.16 Å². The monoisotopic (exact) mass is 454 g/mol. The van der Waals surface area contributed by atoms with Crippen molar-refractivity contribution in [2.75, 3.05) is 64.0 Å². The van der Waals surface area contributed by atoms with Crippen LogP contribution >= 0.6 is 23.4 Å². The third-order valence-corrected chi connectivity index (χ3v) is 6.54. The van der Waals surface area contributed by atoms with Crippen molar-refractivity contribution in [3.8, 4) is 0 Å². The van der Waals surface area contributed by atoms with E-state index in [1.807, 2.05) is 23.9 Å². The van der Waals surface area contributed by atoms with Gasteiger partial charge in [0.1, 0.15) is 11.0 Å². The fourth-order valence-electron chi connectivity index (χ4n) is 3.80. The maximum atomic E-state index is 12.6. The molecule has 0 spiro atoms. The number of halogens is 1. The normalized spacial score (nSPS) is 17.6. The largest absolute Gasteiger partial charge is 0.354 e. The van der Waals surface area contributed by atoms with Gasteiger partial charge in [-0.25, -0.2) is 9.97 Å². The van der Waals surface area contributed by atoms with Gasteiger partial charge in [0.05, 0.1) is 5.75 Å². The molecule has 1 aromatic heterocycles. The molecule has 166 valence electrons. The van der Waals surface area contributed by atoms with Crippen LogP contribution in [0.4, 0.5) is 5.82 Å². The van der Waals surface area contributed by atoms with Gasteiger partial charge in [-0.1, -0.05) is 36.2 Å². The molecule has 0 aromatic carbocycles. The molecule has 2 heterocycles. The molecule has 0 bridgehead atoms. The standard InChI is InChI=1S/C20H31ClN6O2S/c1-25(2)8-7-22-18(28)14-30-20-23-16(21)13-17(24-20)26-9-11-27(12-10-26)19(29)15-5-3-4-6-15/h13,15H,3-12,14H2,1-2H3,(H,22,28). The number of hydrogen-bond acceptors (Lipinski definition) is 7. The van der Waals surface area contributed by atoms with Crippen molar-refractivity contribution in [2.45, 2.75) is 30.8 Å². The fraction of sp³-hybridized carbons (Fsp3) is 0.700. The summed E-state index contributed by atoms with van der Waals surface area (Å²) >= 11 is 7.48. The smallest absolute Gasteiger partial charge is 0.230 e. The molecule has 1 aromatic rings. The molecular weight excluding hydrogens is 424 g/mol. The number of rotatable bonds is 8. The molecule has 1 aliphatic heterocycles. The lowest BCUT2D eigenvalue weighted by atomic mass is 10.1. The number of aromatic nitrogens is 2. The number of nitrogens with zero attached hydrogens (tertiary/aromatic N) is 5. The zero-order valence-electron chi connectivity index (χ0n) is 17.8. The quantitative estimate of drug-likeness (QED) is 0.364. The Labute approximate surface area is 187 Å². The fourth-order valence-corrected chi connectivity index (χ4v) is 4.71. The number of likely N-dealkylation sites (N-methyl/N-ethyl adjacent to an activating group) is 1. The lowest BCUT2D eigenvalue weighted by Gasteiger charge is -2.36. The number of piperazine rings is 1. The molecule has 1 N–H and O–H groups in total. The Balaban J connectivity index is 1.50. The number of carbonyl (C=O) groups excluding carboxylic acids is 2. The van der Waals surface area contributed by atoms with Gasteiger partial charge in [-0.15, -0.1) is 0 Å². The van der Waals surface area contributed by atoms with E-state index in [9.17, 15) is 9.59 Å². The highest BCUT2D eigenvalue weighted by atomic mass is 35.5. The maximum absolute atomic E-state index is 12.6. The topological polar surface area (TPSA) is 81.7 Å². The Morgan fingerprint density at radius 3 is 2.57 bits per heavy atom. The highest BCUT2D eigenvalue weighted by Gasteiger charge is 2.29. The molecule has 30 heavy (non-hydrogen) atoms. The average Bonchev–Trinajstić information content (AvgIpc) is 3.26. The van der Waals surface area contributed by atoms with E-state index >= 15 is 0 Å². The molecule has 0 unspecified atom stereocenters. The molecule has 2 amide bonds. The minimum absolute atomic E-state index is 0.0500. The van der Waals surface area contributed by atoms with E-state index in [-0.39, 0.29) is 17.6 Å². The highest BCUT2D eigenvalue weighted by molar-refractivity contribution is 7.99. The summed E-state index contributed by atoms with van der Waals surface area (Å²) in [6.07, 6.45) is 4.40. The van der Waals surface area contributed by atoms with Crippen molar-refractivity contribution in [2.24, 2.45) is 5.92 Å². The van der Waals surface area contributed by atoms with Crippen molar-refractivity contribution >= 4 is 41.0 Å². The number of thioether (sulfide) groups is 1. The lowest BCUT2D eigenvalue weighted by Crippen LogP contribution is -2.50. The highest BCUT2D eigenvalue weighted by Crippen LogP contribution is 2.28. The van der Waals surface area contributed by atoms with Crippen LogP contribution in [0, 0.1) is 5.92 Å². The Hall–Kier alpha value is -1.58. The molecular formula is C20H31ClN6O2S. The van der Waals surface area contributed by atoms with Crippen molar-refractivity contribution < 1.29 is 9.59 Å². The lowest BCUT2D eigenvalue weighted by molar-refractivity contribution is -0.135. The minimum Gasteiger partial charge on any atom is -0.354 e. The van der Waals surface area contributed by atoms with Gasteiger partial charge < -0.3 is 20.0 Å². The van der Waals surface area contributed by atoms with E-state index in [1.165, 1.54) is 24.6 Å². The molecule has 1 saturated heterocycles. The summed E-state index contributed by atoms with van der Waals surface area (Å²) in [6, 6.07) is 1.75. The molecule has 3 rings (SSSR count). The van der Waals surface area contributed by atoms with Crippen molar-refractivity contribution in [1.29, 1.82) is 0 Å². The van der Waals surface area contributed by atoms with Crippen LogP contribution in [0.5, 0.6) is 0 Å². The second kappa shape index (κ2) is 11.2. The van der Waals surface area contributed by atoms with Gasteiger partial charge >= 0.3 is 0 Å². The Morgan fingerprint density at radius 2 is 1.90 bits per heavy atom. The summed E-state index contributed by atoms with van der Waals surface area (Å²) in [5.74, 6) is 1.47. The minimum atomic E-state index is -0.0500. The second-order valence-corrected chi connectivity index (χ2v) is 9.40. The number of carbonyl (C=O) groups is 2. The van der Waals surface area contributed by atoms with Gasteiger partial charge in [-0.05, 0) is 26.9 Å². The van der Waals surface area contributed by atoms with Gasteiger partial charge in [0.25, 0.3) is 0 Å². The Morgan fingerprint density at radius 1 is 1.20 bits per heavy atom. The van der Waals surface area contributed by atoms with E-state index in [0.717, 1.165) is 38.3 Å². The van der Waals surface area contributed by atoms with Crippen LogP contribution in [0.2, 0.25) is 5.15 Å². The van der Waals surface area contributed by atoms with E-state index < -0.39 is 0 Å². The van der Waals surface area contributed by atoms with Gasteiger partial charge in [0.2, 0.25) is 11.8 Å². The molecule has 0 radical (unpaired) electrons. The average molecular weight is 455 g/mol. The summed E-state index contributed by atoms with van der Waals surface area (Å²) in [4.78, 5) is 39.6. The first-order valence-corrected chi connectivity index (χ1v) is 11.9. The first-order chi connectivity index (χ1) is 14.4. The third-order valence-electron chi connectivity index (χ3n) is 5.49. The number of nitrogens with one attached hydrogen (secondary N) is 1. The van der Waals surface area contributed by atoms with Crippen LogP contribution in [0.1, 0.15) is 25.7 Å². The number of anilines is 1. The molecule has 2 aliphatic rings. The van der Waals surface area contributed by atoms with Gasteiger partial charge in [-0.2, -0.15) is 0 Å². The van der Waals surface area contributed by atoms with E-state index in [0.29, 0.717) is 35.9 Å². The van der Waals surface area contributed by atoms with Gasteiger partial charge in [-0.3, -0.25) is 9.59 Å². The predicted octanol–water partition coefficient (Wildman–Crippen LogP) is 1.74. The molecule has 8 nitrogen and oxygen atoms in total. The molecule has 10 heteroatoms. The molecule has 1 aliphatic carbocycles. The van der Waals surface area contributed by atoms with E-state index in [2.05, 4.69) is 20.2 Å². The van der Waals surface area contributed by atoms with Crippen LogP contribution < -0.4 is 10.2 Å². The molecule has 1 saturated carbocycles. The SMILES string of the molecule is CN(C)CCNC(=O)CSc1nc(Cl)cc(N2CCN(C(=O)C3CCCC3)CC2)n1. The Bertz CT molecular complexity index is 736. The Kier molecular flexibility index (Phi) is 8.59.